The summed E-state index contributed by atoms with van der Waals surface area (Å²) < 4.78 is 19.1. The van der Waals surface area contributed by atoms with Gasteiger partial charge in [0.25, 0.3) is 0 Å². The number of hydrogen-bond donors (Lipinski definition) is 3. The summed E-state index contributed by atoms with van der Waals surface area (Å²) in [6, 6.07) is 9.96. The number of ether oxygens (including phenoxy) is 1. The molecule has 1 atom stereocenters. The quantitative estimate of drug-likeness (QED) is 0.276. The summed E-state index contributed by atoms with van der Waals surface area (Å²) in [5, 5.41) is 28.4. The molecule has 0 spiro atoms. The standard InChI is InChI=1S/C25H23Cl2FN8O/c26-19-10-16(1-2-21(19)28)33-24-15(12-29)13-30-25-18(24)9-17(11-20(25)27)32-22(23-14-31-35-34-23)3-4-36-5-7-37-8-6-36/h1-2,9-11,13-14,22,32H,3-8H2,(H,30,33)(H,31,34,35). The maximum absolute atomic E-state index is 13.7. The lowest BCUT2D eigenvalue weighted by molar-refractivity contribution is 0.0368. The van der Waals surface area contributed by atoms with Gasteiger partial charge in [0, 0.05) is 48.8 Å². The first kappa shape index (κ1) is 25.2. The lowest BCUT2D eigenvalue weighted by Crippen LogP contribution is -2.37. The molecular weight excluding hydrogens is 518 g/mol. The number of H-pyrrole nitrogens is 1. The molecule has 3 N–H and O–H groups in total. The third-order valence-corrected chi connectivity index (χ3v) is 6.78. The van der Waals surface area contributed by atoms with Gasteiger partial charge in [-0.1, -0.05) is 28.4 Å². The Morgan fingerprint density at radius 2 is 1.97 bits per heavy atom. The Labute approximate surface area is 222 Å². The fourth-order valence-electron chi connectivity index (χ4n) is 4.29. The zero-order valence-corrected chi connectivity index (χ0v) is 21.2. The molecule has 37 heavy (non-hydrogen) atoms. The molecule has 1 aliphatic heterocycles. The number of morpholine rings is 1. The van der Waals surface area contributed by atoms with E-state index in [2.05, 4.69) is 42.0 Å². The molecule has 12 heteroatoms. The van der Waals surface area contributed by atoms with Gasteiger partial charge in [0.15, 0.2) is 0 Å². The highest BCUT2D eigenvalue weighted by Crippen LogP contribution is 2.36. The highest BCUT2D eigenvalue weighted by Gasteiger charge is 2.20. The molecule has 0 aliphatic carbocycles. The van der Waals surface area contributed by atoms with Crippen molar-refractivity contribution in [3.05, 3.63) is 69.8 Å². The number of aromatic amines is 1. The first-order valence-corrected chi connectivity index (χ1v) is 12.4. The number of hydrogen-bond acceptors (Lipinski definition) is 8. The van der Waals surface area contributed by atoms with E-state index in [1.165, 1.54) is 18.3 Å². The maximum atomic E-state index is 13.7. The number of benzene rings is 2. The summed E-state index contributed by atoms with van der Waals surface area (Å²) in [4.78, 5) is 6.75. The molecule has 1 aliphatic rings. The molecule has 5 rings (SSSR count). The van der Waals surface area contributed by atoms with Gasteiger partial charge in [0.2, 0.25) is 0 Å². The second kappa shape index (κ2) is 11.3. The van der Waals surface area contributed by atoms with Crippen molar-refractivity contribution < 1.29 is 9.13 Å². The largest absolute Gasteiger partial charge is 0.379 e. The Bertz CT molecular complexity index is 1440. The average molecular weight is 541 g/mol. The Morgan fingerprint density at radius 3 is 2.70 bits per heavy atom. The van der Waals surface area contributed by atoms with E-state index < -0.39 is 5.82 Å². The van der Waals surface area contributed by atoms with Gasteiger partial charge in [-0.3, -0.25) is 15.0 Å². The minimum Gasteiger partial charge on any atom is -0.379 e. The van der Waals surface area contributed by atoms with Gasteiger partial charge in [-0.05, 0) is 36.8 Å². The molecule has 0 amide bonds. The van der Waals surface area contributed by atoms with Crippen LogP contribution < -0.4 is 10.6 Å². The van der Waals surface area contributed by atoms with Gasteiger partial charge >= 0.3 is 0 Å². The van der Waals surface area contributed by atoms with Crippen LogP contribution in [-0.4, -0.2) is 58.1 Å². The van der Waals surface area contributed by atoms with Crippen LogP contribution in [0.1, 0.15) is 23.7 Å². The van der Waals surface area contributed by atoms with Crippen LogP contribution in [0.5, 0.6) is 0 Å². The molecule has 190 valence electrons. The van der Waals surface area contributed by atoms with Crippen LogP contribution in [0.25, 0.3) is 10.9 Å². The zero-order chi connectivity index (χ0) is 25.8. The number of pyridine rings is 1. The summed E-state index contributed by atoms with van der Waals surface area (Å²) in [6.07, 6.45) is 3.99. The highest BCUT2D eigenvalue weighted by atomic mass is 35.5. The number of anilines is 3. The Kier molecular flexibility index (Phi) is 7.67. The lowest BCUT2D eigenvalue weighted by Gasteiger charge is -2.28. The van der Waals surface area contributed by atoms with E-state index in [-0.39, 0.29) is 11.1 Å². The second-order valence-electron chi connectivity index (χ2n) is 8.60. The van der Waals surface area contributed by atoms with Crippen molar-refractivity contribution in [2.45, 2.75) is 12.5 Å². The summed E-state index contributed by atoms with van der Waals surface area (Å²) >= 11 is 12.6. The number of halogens is 3. The molecule has 1 fully saturated rings. The van der Waals surface area contributed by atoms with E-state index in [0.29, 0.717) is 32.9 Å². The predicted molar refractivity (Wildman–Crippen MR) is 141 cm³/mol. The topological polar surface area (TPSA) is 115 Å². The molecule has 2 aromatic heterocycles. The van der Waals surface area contributed by atoms with Crippen molar-refractivity contribution in [1.29, 1.82) is 5.26 Å². The van der Waals surface area contributed by atoms with Gasteiger partial charge in [-0.15, -0.1) is 5.10 Å². The SMILES string of the molecule is N#Cc1cnc2c(Cl)cc(NC(CCN3CCOCC3)c3c[nH]nn3)cc2c1Nc1ccc(F)c(Cl)c1. The molecule has 9 nitrogen and oxygen atoms in total. The third kappa shape index (κ3) is 5.76. The van der Waals surface area contributed by atoms with Crippen LogP contribution in [0, 0.1) is 17.1 Å². The molecule has 1 saturated heterocycles. The van der Waals surface area contributed by atoms with E-state index in [9.17, 15) is 9.65 Å². The Balaban J connectivity index is 1.48. The normalized spacial score (nSPS) is 14.9. The summed E-state index contributed by atoms with van der Waals surface area (Å²) in [6.45, 7) is 4.08. The first-order chi connectivity index (χ1) is 18.0. The number of nitriles is 1. The smallest absolute Gasteiger partial charge is 0.141 e. The Morgan fingerprint density at radius 1 is 1.16 bits per heavy atom. The van der Waals surface area contributed by atoms with Crippen molar-refractivity contribution in [3.8, 4) is 6.07 Å². The van der Waals surface area contributed by atoms with Crippen LogP contribution in [0.3, 0.4) is 0 Å². The molecule has 0 bridgehead atoms. The summed E-state index contributed by atoms with van der Waals surface area (Å²) in [5.41, 5.74) is 3.34. The maximum Gasteiger partial charge on any atom is 0.141 e. The van der Waals surface area contributed by atoms with Crippen LogP contribution in [0.2, 0.25) is 10.0 Å². The predicted octanol–water partition coefficient (Wildman–Crippen LogP) is 5.29. The van der Waals surface area contributed by atoms with Crippen molar-refractivity contribution >= 4 is 51.2 Å². The van der Waals surface area contributed by atoms with Gasteiger partial charge in [0.05, 0.1) is 46.1 Å². The van der Waals surface area contributed by atoms with Crippen molar-refractivity contribution in [2.75, 3.05) is 43.5 Å². The van der Waals surface area contributed by atoms with Gasteiger partial charge < -0.3 is 15.4 Å². The van der Waals surface area contributed by atoms with Crippen LogP contribution in [-0.2, 0) is 4.74 Å². The lowest BCUT2D eigenvalue weighted by atomic mass is 10.1. The number of rotatable bonds is 8. The summed E-state index contributed by atoms with van der Waals surface area (Å²) in [5.74, 6) is -0.530. The molecular formula is C25H23Cl2FN8O. The minimum atomic E-state index is -0.530. The molecule has 0 saturated carbocycles. The zero-order valence-electron chi connectivity index (χ0n) is 19.6. The molecule has 3 heterocycles. The van der Waals surface area contributed by atoms with Crippen LogP contribution in [0.4, 0.5) is 21.5 Å². The third-order valence-electron chi connectivity index (χ3n) is 6.21. The van der Waals surface area contributed by atoms with E-state index in [1.54, 1.807) is 18.3 Å². The fourth-order valence-corrected chi connectivity index (χ4v) is 4.74. The van der Waals surface area contributed by atoms with Crippen LogP contribution >= 0.6 is 23.2 Å². The van der Waals surface area contributed by atoms with Crippen LogP contribution in [0.15, 0.2) is 42.7 Å². The monoisotopic (exact) mass is 540 g/mol. The number of fused-ring (bicyclic) bond motifs is 1. The second-order valence-corrected chi connectivity index (χ2v) is 9.42. The van der Waals surface area contributed by atoms with E-state index in [4.69, 9.17) is 27.9 Å². The van der Waals surface area contributed by atoms with E-state index >= 15 is 0 Å². The van der Waals surface area contributed by atoms with E-state index in [1.807, 2.05) is 6.07 Å². The van der Waals surface area contributed by atoms with Gasteiger partial charge in [-0.2, -0.15) is 5.26 Å². The minimum absolute atomic E-state index is 0.0296. The number of nitrogens with one attached hydrogen (secondary N) is 3. The molecule has 4 aromatic rings. The molecule has 0 radical (unpaired) electrons. The van der Waals surface area contributed by atoms with Crippen molar-refractivity contribution in [2.24, 2.45) is 0 Å². The molecule has 2 aromatic carbocycles. The first-order valence-electron chi connectivity index (χ1n) is 11.7. The van der Waals surface area contributed by atoms with Crippen molar-refractivity contribution in [3.63, 3.8) is 0 Å². The van der Waals surface area contributed by atoms with Gasteiger partial charge in [0.1, 0.15) is 17.6 Å². The highest BCUT2D eigenvalue weighted by molar-refractivity contribution is 6.36. The fraction of sp³-hybridized carbons (Fsp3) is 0.280. The van der Waals surface area contributed by atoms with E-state index in [0.717, 1.165) is 50.7 Å². The average Bonchev–Trinajstić information content (AvgIpc) is 3.45. The molecule has 1 unspecified atom stereocenters. The summed E-state index contributed by atoms with van der Waals surface area (Å²) in [7, 11) is 0. The number of aromatic nitrogens is 4. The van der Waals surface area contributed by atoms with Crippen molar-refractivity contribution in [1.82, 2.24) is 25.3 Å². The van der Waals surface area contributed by atoms with Gasteiger partial charge in [-0.25, -0.2) is 4.39 Å². The number of nitrogens with zero attached hydrogens (tertiary/aromatic N) is 5. The Hall–Kier alpha value is -3.49.